The van der Waals surface area contributed by atoms with Crippen LogP contribution in [-0.4, -0.2) is 20.8 Å². The van der Waals surface area contributed by atoms with Gasteiger partial charge in [-0.15, -0.1) is 0 Å². The standard InChI is InChI=1S/C10H14FNO2S/c1-8-3-4-10(9(12)7-8)15(13,14)6-2-5-11/h3-4,7H,2,5-6,12H2,1H3. The average molecular weight is 231 g/mol. The number of nitrogens with two attached hydrogens (primary N) is 1. The monoisotopic (exact) mass is 231 g/mol. The molecular weight excluding hydrogens is 217 g/mol. The van der Waals surface area contributed by atoms with Crippen LogP contribution in [-0.2, 0) is 9.84 Å². The molecule has 0 heterocycles. The van der Waals surface area contributed by atoms with Gasteiger partial charge in [0.25, 0.3) is 0 Å². The minimum Gasteiger partial charge on any atom is -0.398 e. The molecule has 2 N–H and O–H groups in total. The normalized spacial score (nSPS) is 11.6. The van der Waals surface area contributed by atoms with Crippen molar-refractivity contribution in [2.75, 3.05) is 18.2 Å². The van der Waals surface area contributed by atoms with Gasteiger partial charge in [0.05, 0.1) is 23.0 Å². The summed E-state index contributed by atoms with van der Waals surface area (Å²) in [5.74, 6) is -0.198. The lowest BCUT2D eigenvalue weighted by Crippen LogP contribution is -2.10. The van der Waals surface area contributed by atoms with Gasteiger partial charge in [0, 0.05) is 0 Å². The molecule has 5 heteroatoms. The molecule has 3 nitrogen and oxygen atoms in total. The topological polar surface area (TPSA) is 60.2 Å². The number of anilines is 1. The molecule has 0 atom stereocenters. The van der Waals surface area contributed by atoms with Crippen molar-refractivity contribution in [3.05, 3.63) is 23.8 Å². The Balaban J connectivity index is 3.05. The molecule has 0 amide bonds. The summed E-state index contributed by atoms with van der Waals surface area (Å²) in [4.78, 5) is 0.0987. The quantitative estimate of drug-likeness (QED) is 0.802. The highest BCUT2D eigenvalue weighted by Gasteiger charge is 2.16. The van der Waals surface area contributed by atoms with Gasteiger partial charge in [-0.3, -0.25) is 4.39 Å². The lowest BCUT2D eigenvalue weighted by molar-refractivity contribution is 0.484. The number of hydrogen-bond acceptors (Lipinski definition) is 3. The molecule has 15 heavy (non-hydrogen) atoms. The third-order valence-corrected chi connectivity index (χ3v) is 3.92. The van der Waals surface area contributed by atoms with Crippen molar-refractivity contribution in [1.29, 1.82) is 0 Å². The fourth-order valence-corrected chi connectivity index (χ4v) is 2.71. The van der Waals surface area contributed by atoms with Crippen LogP contribution in [0.25, 0.3) is 0 Å². The second-order valence-electron chi connectivity index (χ2n) is 3.40. The smallest absolute Gasteiger partial charge is 0.180 e. The molecule has 0 saturated carbocycles. The molecule has 1 aromatic rings. The zero-order chi connectivity index (χ0) is 11.5. The molecule has 0 spiro atoms. The van der Waals surface area contributed by atoms with Crippen molar-refractivity contribution in [2.45, 2.75) is 18.2 Å². The zero-order valence-electron chi connectivity index (χ0n) is 8.53. The first-order valence-electron chi connectivity index (χ1n) is 4.62. The number of halogens is 1. The van der Waals surface area contributed by atoms with E-state index >= 15 is 0 Å². The van der Waals surface area contributed by atoms with Crippen molar-refractivity contribution in [3.63, 3.8) is 0 Å². The van der Waals surface area contributed by atoms with Crippen LogP contribution in [0, 0.1) is 6.92 Å². The maximum atomic E-state index is 11.9. The predicted molar refractivity (Wildman–Crippen MR) is 58.2 cm³/mol. The Kier molecular flexibility index (Phi) is 3.68. The first-order valence-corrected chi connectivity index (χ1v) is 6.27. The Labute approximate surface area is 89.0 Å². The fourth-order valence-electron chi connectivity index (χ4n) is 1.31. The Morgan fingerprint density at radius 3 is 2.60 bits per heavy atom. The molecule has 0 aromatic heterocycles. The van der Waals surface area contributed by atoms with E-state index in [4.69, 9.17) is 5.73 Å². The number of rotatable bonds is 4. The molecule has 0 aliphatic carbocycles. The van der Waals surface area contributed by atoms with E-state index in [2.05, 4.69) is 0 Å². The van der Waals surface area contributed by atoms with Crippen LogP contribution in [0.4, 0.5) is 10.1 Å². The van der Waals surface area contributed by atoms with Crippen molar-refractivity contribution in [2.24, 2.45) is 0 Å². The minimum absolute atomic E-state index is 0.00957. The van der Waals surface area contributed by atoms with Gasteiger partial charge < -0.3 is 5.73 Å². The summed E-state index contributed by atoms with van der Waals surface area (Å²) in [7, 11) is -3.43. The number of nitrogen functional groups attached to an aromatic ring is 1. The van der Waals surface area contributed by atoms with Crippen LogP contribution >= 0.6 is 0 Å². The number of benzene rings is 1. The first kappa shape index (κ1) is 12.0. The summed E-state index contributed by atoms with van der Waals surface area (Å²) in [5.41, 5.74) is 6.74. The SMILES string of the molecule is Cc1ccc(S(=O)(=O)CCCF)c(N)c1. The van der Waals surface area contributed by atoms with Crippen LogP contribution in [0.5, 0.6) is 0 Å². The highest BCUT2D eigenvalue weighted by Crippen LogP contribution is 2.21. The van der Waals surface area contributed by atoms with Gasteiger partial charge in [-0.05, 0) is 31.0 Å². The predicted octanol–water partition coefficient (Wildman–Crippen LogP) is 1.71. The van der Waals surface area contributed by atoms with Gasteiger partial charge in [-0.25, -0.2) is 8.42 Å². The molecule has 0 bridgehead atoms. The molecule has 1 aromatic carbocycles. The van der Waals surface area contributed by atoms with Crippen LogP contribution in [0.1, 0.15) is 12.0 Å². The number of alkyl halides is 1. The first-order chi connectivity index (χ1) is 6.97. The molecule has 84 valence electrons. The summed E-state index contributed by atoms with van der Waals surface area (Å²) < 4.78 is 35.3. The molecule has 0 aliphatic rings. The van der Waals surface area contributed by atoms with Gasteiger partial charge in [0.2, 0.25) is 0 Å². The van der Waals surface area contributed by atoms with Crippen molar-refractivity contribution >= 4 is 15.5 Å². The lowest BCUT2D eigenvalue weighted by atomic mass is 10.2. The van der Waals surface area contributed by atoms with Gasteiger partial charge in [-0.1, -0.05) is 6.07 Å². The van der Waals surface area contributed by atoms with E-state index in [1.807, 2.05) is 6.92 Å². The molecule has 0 fully saturated rings. The van der Waals surface area contributed by atoms with E-state index in [1.54, 1.807) is 12.1 Å². The maximum Gasteiger partial charge on any atom is 0.180 e. The summed E-state index contributed by atoms with van der Waals surface area (Å²) >= 11 is 0. The summed E-state index contributed by atoms with van der Waals surface area (Å²) in [5, 5.41) is 0. The van der Waals surface area contributed by atoms with Gasteiger partial charge in [0.15, 0.2) is 9.84 Å². The van der Waals surface area contributed by atoms with E-state index in [-0.39, 0.29) is 22.8 Å². The van der Waals surface area contributed by atoms with E-state index in [0.717, 1.165) is 5.56 Å². The van der Waals surface area contributed by atoms with Crippen molar-refractivity contribution < 1.29 is 12.8 Å². The molecule has 0 unspecified atom stereocenters. The molecule has 0 radical (unpaired) electrons. The van der Waals surface area contributed by atoms with Crippen molar-refractivity contribution in [3.8, 4) is 0 Å². The average Bonchev–Trinajstić information content (AvgIpc) is 2.14. The third kappa shape index (κ3) is 2.92. The molecule has 0 saturated heterocycles. The van der Waals surface area contributed by atoms with Gasteiger partial charge >= 0.3 is 0 Å². The maximum absolute atomic E-state index is 11.9. The second-order valence-corrected chi connectivity index (χ2v) is 5.48. The highest BCUT2D eigenvalue weighted by atomic mass is 32.2. The van der Waals surface area contributed by atoms with Gasteiger partial charge in [0.1, 0.15) is 0 Å². The van der Waals surface area contributed by atoms with E-state index < -0.39 is 16.5 Å². The zero-order valence-corrected chi connectivity index (χ0v) is 9.35. The third-order valence-electron chi connectivity index (χ3n) is 2.05. The van der Waals surface area contributed by atoms with Crippen LogP contribution in [0.3, 0.4) is 0 Å². The Bertz CT molecular complexity index is 443. The minimum atomic E-state index is -3.43. The van der Waals surface area contributed by atoms with E-state index in [0.29, 0.717) is 0 Å². The summed E-state index contributed by atoms with van der Waals surface area (Å²) in [6, 6.07) is 4.75. The number of hydrogen-bond donors (Lipinski definition) is 1. The summed E-state index contributed by atoms with van der Waals surface area (Å²) in [6.45, 7) is 1.19. The second kappa shape index (κ2) is 4.61. The molecular formula is C10H14FNO2S. The largest absolute Gasteiger partial charge is 0.398 e. The number of aryl methyl sites for hydroxylation is 1. The fraction of sp³-hybridized carbons (Fsp3) is 0.400. The van der Waals surface area contributed by atoms with Crippen LogP contribution in [0.15, 0.2) is 23.1 Å². The molecule has 1 rings (SSSR count). The Hall–Kier alpha value is -1.10. The summed E-state index contributed by atoms with van der Waals surface area (Å²) in [6.07, 6.45) is 0.00957. The van der Waals surface area contributed by atoms with E-state index in [1.165, 1.54) is 6.07 Å². The number of sulfone groups is 1. The van der Waals surface area contributed by atoms with Gasteiger partial charge in [-0.2, -0.15) is 0 Å². The van der Waals surface area contributed by atoms with E-state index in [9.17, 15) is 12.8 Å². The van der Waals surface area contributed by atoms with Crippen LogP contribution < -0.4 is 5.73 Å². The Morgan fingerprint density at radius 2 is 2.07 bits per heavy atom. The van der Waals surface area contributed by atoms with Crippen LogP contribution in [0.2, 0.25) is 0 Å². The Morgan fingerprint density at radius 1 is 1.40 bits per heavy atom. The molecule has 0 aliphatic heterocycles. The van der Waals surface area contributed by atoms with Crippen molar-refractivity contribution in [1.82, 2.24) is 0 Å². The highest BCUT2D eigenvalue weighted by molar-refractivity contribution is 7.91. The lowest BCUT2D eigenvalue weighted by Gasteiger charge is -2.07.